The van der Waals surface area contributed by atoms with Crippen molar-refractivity contribution in [3.63, 3.8) is 0 Å². The Hall–Kier alpha value is -1.71. The normalized spacial score (nSPS) is 16.4. The highest BCUT2D eigenvalue weighted by molar-refractivity contribution is 7.88. The summed E-state index contributed by atoms with van der Waals surface area (Å²) in [5.41, 5.74) is 0.847. The highest BCUT2D eigenvalue weighted by Crippen LogP contribution is 2.25. The highest BCUT2D eigenvalue weighted by Gasteiger charge is 2.30. The van der Waals surface area contributed by atoms with Gasteiger partial charge in [0, 0.05) is 44.5 Å². The molecular formula is C16H23ClN6O2S. The maximum atomic E-state index is 11.9. The minimum Gasteiger partial charge on any atom is -0.341 e. The van der Waals surface area contributed by atoms with E-state index in [-0.39, 0.29) is 6.04 Å². The SMILES string of the molecule is CCN(C1CCN(c2nnc(-c3ccc(Cl)nc3)n2C)CC1)S(C)(=O)=O. The largest absolute Gasteiger partial charge is 0.341 e. The molecule has 26 heavy (non-hydrogen) atoms. The standard InChI is InChI=1S/C16H23ClN6O2S/c1-4-23(26(3,24)25)13-7-9-22(10-8-13)16-20-19-15(21(16)2)12-5-6-14(17)18-11-12/h5-6,11,13H,4,7-10H2,1-3H3. The summed E-state index contributed by atoms with van der Waals surface area (Å²) < 4.78 is 27.4. The van der Waals surface area contributed by atoms with Crippen molar-refractivity contribution in [3.05, 3.63) is 23.5 Å². The molecule has 0 aliphatic carbocycles. The Kier molecular flexibility index (Phi) is 5.50. The number of pyridine rings is 1. The van der Waals surface area contributed by atoms with Gasteiger partial charge in [-0.25, -0.2) is 13.4 Å². The average Bonchev–Trinajstić information content (AvgIpc) is 2.97. The number of piperidine rings is 1. The number of sulfonamides is 1. The summed E-state index contributed by atoms with van der Waals surface area (Å²) in [5.74, 6) is 1.49. The molecule has 3 rings (SSSR count). The van der Waals surface area contributed by atoms with Gasteiger partial charge >= 0.3 is 0 Å². The summed E-state index contributed by atoms with van der Waals surface area (Å²) in [5, 5.41) is 9.04. The van der Waals surface area contributed by atoms with Crippen LogP contribution in [0.2, 0.25) is 5.15 Å². The number of nitrogens with zero attached hydrogens (tertiary/aromatic N) is 6. The van der Waals surface area contributed by atoms with E-state index < -0.39 is 10.0 Å². The van der Waals surface area contributed by atoms with Crippen LogP contribution in [0.5, 0.6) is 0 Å². The Bertz CT molecular complexity index is 859. The summed E-state index contributed by atoms with van der Waals surface area (Å²) >= 11 is 5.84. The van der Waals surface area contributed by atoms with Crippen LogP contribution in [0.4, 0.5) is 5.95 Å². The van der Waals surface area contributed by atoms with Gasteiger partial charge in [0.2, 0.25) is 16.0 Å². The molecule has 2 aromatic heterocycles. The van der Waals surface area contributed by atoms with E-state index in [1.54, 1.807) is 16.6 Å². The van der Waals surface area contributed by atoms with Crippen LogP contribution in [0.3, 0.4) is 0 Å². The van der Waals surface area contributed by atoms with Crippen molar-refractivity contribution in [2.24, 2.45) is 7.05 Å². The molecule has 0 bridgehead atoms. The average molecular weight is 399 g/mol. The van der Waals surface area contributed by atoms with Crippen LogP contribution in [-0.4, -0.2) is 64.4 Å². The summed E-state index contributed by atoms with van der Waals surface area (Å²) in [7, 11) is -1.26. The zero-order chi connectivity index (χ0) is 18.9. The van der Waals surface area contributed by atoms with Crippen LogP contribution >= 0.6 is 11.6 Å². The molecule has 0 amide bonds. The molecule has 0 N–H and O–H groups in total. The molecule has 1 aliphatic rings. The van der Waals surface area contributed by atoms with Crippen molar-refractivity contribution in [2.75, 3.05) is 30.8 Å². The van der Waals surface area contributed by atoms with Gasteiger partial charge in [-0.1, -0.05) is 18.5 Å². The van der Waals surface area contributed by atoms with Crippen LogP contribution in [0.1, 0.15) is 19.8 Å². The second kappa shape index (κ2) is 7.50. The Balaban J connectivity index is 1.73. The van der Waals surface area contributed by atoms with Crippen LogP contribution in [-0.2, 0) is 17.1 Å². The molecule has 0 atom stereocenters. The first-order chi connectivity index (χ1) is 12.3. The van der Waals surface area contributed by atoms with E-state index >= 15 is 0 Å². The number of halogens is 1. The minimum absolute atomic E-state index is 0.0411. The van der Waals surface area contributed by atoms with Crippen LogP contribution in [0, 0.1) is 0 Å². The summed E-state index contributed by atoms with van der Waals surface area (Å²) in [6.45, 7) is 3.85. The lowest BCUT2D eigenvalue weighted by molar-refractivity contribution is 0.284. The second-order valence-corrected chi connectivity index (χ2v) is 8.76. The molecule has 142 valence electrons. The van der Waals surface area contributed by atoms with E-state index in [0.717, 1.165) is 43.3 Å². The molecule has 0 aromatic carbocycles. The molecule has 10 heteroatoms. The third-order valence-electron chi connectivity index (χ3n) is 4.73. The van der Waals surface area contributed by atoms with Gasteiger partial charge in [0.25, 0.3) is 0 Å². The molecule has 3 heterocycles. The smallest absolute Gasteiger partial charge is 0.227 e. The van der Waals surface area contributed by atoms with Crippen LogP contribution in [0.15, 0.2) is 18.3 Å². The van der Waals surface area contributed by atoms with Gasteiger partial charge in [-0.3, -0.25) is 4.57 Å². The van der Waals surface area contributed by atoms with E-state index in [1.807, 2.05) is 24.6 Å². The van der Waals surface area contributed by atoms with Gasteiger partial charge in [0.05, 0.1) is 6.26 Å². The topological polar surface area (TPSA) is 84.2 Å². The van der Waals surface area contributed by atoms with Crippen molar-refractivity contribution in [3.8, 4) is 11.4 Å². The number of anilines is 1. The van der Waals surface area contributed by atoms with E-state index in [1.165, 1.54) is 6.26 Å². The number of hydrogen-bond donors (Lipinski definition) is 0. The first-order valence-electron chi connectivity index (χ1n) is 8.54. The van der Waals surface area contributed by atoms with Gasteiger partial charge in [-0.05, 0) is 25.0 Å². The molecule has 0 radical (unpaired) electrons. The lowest BCUT2D eigenvalue weighted by atomic mass is 10.1. The van der Waals surface area contributed by atoms with Crippen molar-refractivity contribution < 1.29 is 8.42 Å². The fraction of sp³-hybridized carbons (Fsp3) is 0.562. The van der Waals surface area contributed by atoms with E-state index in [9.17, 15) is 8.42 Å². The Morgan fingerprint density at radius 3 is 2.50 bits per heavy atom. The number of aromatic nitrogens is 4. The lowest BCUT2D eigenvalue weighted by Crippen LogP contribution is -2.47. The Labute approximate surface area is 158 Å². The van der Waals surface area contributed by atoms with E-state index in [0.29, 0.717) is 11.7 Å². The second-order valence-electron chi connectivity index (χ2n) is 6.44. The molecule has 0 saturated carbocycles. The Morgan fingerprint density at radius 1 is 1.27 bits per heavy atom. The van der Waals surface area contributed by atoms with Crippen LogP contribution in [0.25, 0.3) is 11.4 Å². The molecule has 0 unspecified atom stereocenters. The third-order valence-corrected chi connectivity index (χ3v) is 6.36. The van der Waals surface area contributed by atoms with Gasteiger partial charge in [0.1, 0.15) is 5.15 Å². The summed E-state index contributed by atoms with van der Waals surface area (Å²) in [6.07, 6.45) is 4.49. The molecule has 2 aromatic rings. The molecule has 1 fully saturated rings. The van der Waals surface area contributed by atoms with Crippen molar-refractivity contribution in [1.82, 2.24) is 24.1 Å². The fourth-order valence-electron chi connectivity index (χ4n) is 3.47. The van der Waals surface area contributed by atoms with Gasteiger partial charge in [0.15, 0.2) is 5.82 Å². The maximum Gasteiger partial charge on any atom is 0.227 e. The minimum atomic E-state index is -3.18. The predicted molar refractivity (Wildman–Crippen MR) is 102 cm³/mol. The molecule has 1 saturated heterocycles. The van der Waals surface area contributed by atoms with Crippen molar-refractivity contribution in [1.29, 1.82) is 0 Å². The number of hydrogen-bond acceptors (Lipinski definition) is 6. The fourth-order valence-corrected chi connectivity index (χ4v) is 4.81. The monoisotopic (exact) mass is 398 g/mol. The third kappa shape index (κ3) is 3.84. The van der Waals surface area contributed by atoms with Gasteiger partial charge in [-0.15, -0.1) is 10.2 Å². The van der Waals surface area contributed by atoms with Crippen molar-refractivity contribution >= 4 is 27.6 Å². The maximum absolute atomic E-state index is 11.9. The summed E-state index contributed by atoms with van der Waals surface area (Å²) in [6, 6.07) is 3.63. The zero-order valence-electron chi connectivity index (χ0n) is 15.1. The van der Waals surface area contributed by atoms with Crippen molar-refractivity contribution in [2.45, 2.75) is 25.8 Å². The van der Waals surface area contributed by atoms with E-state index in [2.05, 4.69) is 20.1 Å². The highest BCUT2D eigenvalue weighted by atomic mass is 35.5. The first kappa shape index (κ1) is 19.1. The number of rotatable bonds is 5. The molecule has 0 spiro atoms. The van der Waals surface area contributed by atoms with Gasteiger partial charge < -0.3 is 4.90 Å². The molecule has 1 aliphatic heterocycles. The quantitative estimate of drug-likeness (QED) is 0.714. The van der Waals surface area contributed by atoms with Crippen LogP contribution < -0.4 is 4.90 Å². The van der Waals surface area contributed by atoms with Gasteiger partial charge in [-0.2, -0.15) is 4.31 Å². The zero-order valence-corrected chi connectivity index (χ0v) is 16.7. The molecule has 8 nitrogen and oxygen atoms in total. The molecular weight excluding hydrogens is 376 g/mol. The van der Waals surface area contributed by atoms with E-state index in [4.69, 9.17) is 11.6 Å². The predicted octanol–water partition coefficient (Wildman–Crippen LogP) is 1.78. The summed E-state index contributed by atoms with van der Waals surface area (Å²) in [4.78, 5) is 6.23. The Morgan fingerprint density at radius 2 is 1.96 bits per heavy atom. The lowest BCUT2D eigenvalue weighted by Gasteiger charge is -2.37. The first-order valence-corrected chi connectivity index (χ1v) is 10.8.